The molecule has 122 valence electrons. The van der Waals surface area contributed by atoms with Crippen LogP contribution < -0.4 is 24.7 Å². The van der Waals surface area contributed by atoms with E-state index in [-0.39, 0.29) is 5.41 Å². The monoisotopic (exact) mass is 533 g/mol. The normalized spacial score (nSPS) is 14.6. The predicted molar refractivity (Wildman–Crippen MR) is 78.8 cm³/mol. The predicted octanol–water partition coefficient (Wildman–Crippen LogP) is 1.59. The maximum atomic E-state index is 12.7. The van der Waals surface area contributed by atoms with Crippen LogP contribution in [0.5, 0.6) is 0 Å². The van der Waals surface area contributed by atoms with Crippen LogP contribution in [0.15, 0.2) is 48.5 Å². The molecule has 2 aromatic rings. The first-order valence-electron chi connectivity index (χ1n) is 6.67. The second kappa shape index (κ2) is 5.97. The van der Waals surface area contributed by atoms with Crippen LogP contribution in [0.3, 0.4) is 0 Å². The van der Waals surface area contributed by atoms with Gasteiger partial charge in [-0.05, 0) is 0 Å². The van der Waals surface area contributed by atoms with Crippen LogP contribution >= 0.6 is 0 Å². The summed E-state index contributed by atoms with van der Waals surface area (Å²) in [6.07, 6.45) is 0. The second-order valence-corrected chi connectivity index (χ2v) is 14.7. The van der Waals surface area contributed by atoms with Gasteiger partial charge in [0.1, 0.15) is 0 Å². The molecule has 0 aliphatic heterocycles. The Hall–Kier alpha value is -0.292. The van der Waals surface area contributed by atoms with Crippen molar-refractivity contribution < 1.29 is 32.5 Å². The van der Waals surface area contributed by atoms with Crippen LogP contribution in [-0.2, 0) is 5.41 Å². The Kier molecular flexibility index (Phi) is 4.90. The number of rotatable bonds is 3. The third kappa shape index (κ3) is 4.85. The van der Waals surface area contributed by atoms with Crippen LogP contribution in [-0.4, -0.2) is 19.7 Å². The van der Waals surface area contributed by atoms with Crippen molar-refractivity contribution >= 4 is 23.2 Å². The molecule has 0 saturated heterocycles. The van der Waals surface area contributed by atoms with Crippen molar-refractivity contribution in [2.45, 2.75) is 26.2 Å². The summed E-state index contributed by atoms with van der Waals surface area (Å²) < 4.78 is 51.8. The molecule has 6 heteroatoms. The maximum absolute atomic E-state index is 12.7. The Balaban J connectivity index is 2.15. The summed E-state index contributed by atoms with van der Waals surface area (Å²) >= 11 is -8.98. The molecule has 0 nitrogen and oxygen atoms in total. The van der Waals surface area contributed by atoms with Gasteiger partial charge in [0.25, 0.3) is 0 Å². The van der Waals surface area contributed by atoms with E-state index in [1.807, 2.05) is 12.1 Å². The molecule has 0 atom stereocenters. The van der Waals surface area contributed by atoms with Crippen LogP contribution in [0, 0.1) is 7.14 Å². The van der Waals surface area contributed by atoms with Gasteiger partial charge in [-0.25, -0.2) is 0 Å². The van der Waals surface area contributed by atoms with Gasteiger partial charge in [-0.3, -0.25) is 0 Å². The third-order valence-corrected chi connectivity index (χ3v) is 8.91. The molecular formula is C16H17F4ISb-. The first kappa shape index (κ1) is 18.1. The van der Waals surface area contributed by atoms with E-state index in [0.717, 1.165) is 19.3 Å². The summed E-state index contributed by atoms with van der Waals surface area (Å²) in [5.74, 6) is 0. The van der Waals surface area contributed by atoms with E-state index in [4.69, 9.17) is 0 Å². The summed E-state index contributed by atoms with van der Waals surface area (Å²) in [5.41, 5.74) is 1.30. The molecule has 0 aliphatic rings. The van der Waals surface area contributed by atoms with E-state index in [0.29, 0.717) is 0 Å². The average Bonchev–Trinajstić information content (AvgIpc) is 2.37. The third-order valence-electron chi connectivity index (χ3n) is 3.15. The van der Waals surface area contributed by atoms with E-state index in [1.54, 1.807) is 0 Å². The van der Waals surface area contributed by atoms with Crippen molar-refractivity contribution in [2.24, 2.45) is 0 Å². The zero-order valence-corrected chi connectivity index (χ0v) is 17.2. The molecule has 0 aromatic heterocycles. The van der Waals surface area contributed by atoms with Gasteiger partial charge in [-0.1, -0.05) is 0 Å². The molecule has 0 aliphatic carbocycles. The van der Waals surface area contributed by atoms with E-state index in [2.05, 4.69) is 32.9 Å². The Bertz CT molecular complexity index is 643. The van der Waals surface area contributed by atoms with Crippen LogP contribution in [0.25, 0.3) is 0 Å². The molecule has 2 aromatic carbocycles. The van der Waals surface area contributed by atoms with Gasteiger partial charge < -0.3 is 0 Å². The van der Waals surface area contributed by atoms with Crippen LogP contribution in [0.4, 0.5) is 11.3 Å². The molecule has 2 rings (SSSR count). The van der Waals surface area contributed by atoms with E-state index in [1.165, 1.54) is 17.7 Å². The Morgan fingerprint density at radius 1 is 0.727 bits per heavy atom. The first-order chi connectivity index (χ1) is 9.92. The second-order valence-electron chi connectivity index (χ2n) is 6.05. The van der Waals surface area contributed by atoms with Crippen molar-refractivity contribution in [3.05, 3.63) is 61.2 Å². The van der Waals surface area contributed by atoms with Crippen molar-refractivity contribution in [2.75, 3.05) is 0 Å². The molecule has 0 spiro atoms. The number of benzene rings is 2. The van der Waals surface area contributed by atoms with E-state index >= 15 is 0 Å². The standard InChI is InChI=1S/C16H17I.4FH.Sb/c1-16(2,3)13-9-11-15(12-10-13)17-14-7-5-4-6-8-14;;;;;/h5-12H,1-3H3;4*1H;/q-1;;;;;+4/p-4. The topological polar surface area (TPSA) is 0 Å². The Morgan fingerprint density at radius 2 is 1.14 bits per heavy atom. The number of hydrogen-bond acceptors (Lipinski definition) is 0. The van der Waals surface area contributed by atoms with Gasteiger partial charge in [0, 0.05) is 0 Å². The summed E-state index contributed by atoms with van der Waals surface area (Å²) in [7, 11) is 0. The van der Waals surface area contributed by atoms with Crippen molar-refractivity contribution in [3.8, 4) is 0 Å². The number of halogens is 5. The van der Waals surface area contributed by atoms with E-state index in [9.17, 15) is 11.3 Å². The minimum atomic E-state index is -8.42. The molecule has 22 heavy (non-hydrogen) atoms. The number of hydrogen-bond donors (Lipinski definition) is 0. The van der Waals surface area contributed by atoms with Gasteiger partial charge in [-0.2, -0.15) is 0 Å². The van der Waals surface area contributed by atoms with Gasteiger partial charge in [0.15, 0.2) is 0 Å². The van der Waals surface area contributed by atoms with Crippen molar-refractivity contribution in [1.29, 1.82) is 0 Å². The molecule has 0 fully saturated rings. The summed E-state index contributed by atoms with van der Waals surface area (Å²) in [6, 6.07) is 12.8. The Labute approximate surface area is 142 Å². The fraction of sp³-hybridized carbons (Fsp3) is 0.250. The molecule has 0 heterocycles. The summed E-state index contributed by atoms with van der Waals surface area (Å²) in [4.78, 5) is 0. The molecule has 0 radical (unpaired) electrons. The zero-order valence-electron chi connectivity index (χ0n) is 12.5. The average molecular weight is 534 g/mol. The van der Waals surface area contributed by atoms with Crippen molar-refractivity contribution in [1.82, 2.24) is 0 Å². The fourth-order valence-corrected chi connectivity index (χ4v) is 5.74. The van der Waals surface area contributed by atoms with Gasteiger partial charge >= 0.3 is 143 Å². The molecule has 0 unspecified atom stereocenters. The molecule has 0 amide bonds. The van der Waals surface area contributed by atoms with Crippen LogP contribution in [0.1, 0.15) is 26.3 Å². The molecule has 0 bridgehead atoms. The molecule has 0 saturated carbocycles. The Morgan fingerprint density at radius 3 is 1.50 bits per heavy atom. The fourth-order valence-electron chi connectivity index (χ4n) is 1.87. The van der Waals surface area contributed by atoms with E-state index < -0.39 is 44.4 Å². The van der Waals surface area contributed by atoms with Gasteiger partial charge in [0.2, 0.25) is 0 Å². The zero-order chi connectivity index (χ0) is 16.6. The first-order valence-corrected chi connectivity index (χ1v) is 14.0. The SMILES string of the molecule is CC(C)(C)c1ccc([I-]c2cc[c]([Sb]([F])([F])([F])[F])cc2)cc1. The quantitative estimate of drug-likeness (QED) is 0.319. The van der Waals surface area contributed by atoms with Gasteiger partial charge in [0.05, 0.1) is 0 Å². The van der Waals surface area contributed by atoms with Crippen LogP contribution in [0.2, 0.25) is 0 Å². The van der Waals surface area contributed by atoms with Crippen molar-refractivity contribution in [3.63, 3.8) is 0 Å². The summed E-state index contributed by atoms with van der Waals surface area (Å²) in [5, 5.41) is 0. The van der Waals surface area contributed by atoms with Gasteiger partial charge in [-0.15, -0.1) is 0 Å². The minimum absolute atomic E-state index is 0.0768. The molecular weight excluding hydrogens is 517 g/mol. The molecule has 0 N–H and O–H groups in total. The summed E-state index contributed by atoms with van der Waals surface area (Å²) in [6.45, 7) is 6.39.